The van der Waals surface area contributed by atoms with Crippen LogP contribution in [-0.2, 0) is 0 Å². The smallest absolute Gasteiger partial charge is 0.253 e. The van der Waals surface area contributed by atoms with Crippen LogP contribution in [0.4, 0.5) is 5.82 Å². The number of rotatable bonds is 2. The highest BCUT2D eigenvalue weighted by atomic mass is 16.2. The molecule has 25 heavy (non-hydrogen) atoms. The second kappa shape index (κ2) is 6.20. The largest absolute Gasteiger partial charge is 0.352 e. The van der Waals surface area contributed by atoms with Gasteiger partial charge in [0, 0.05) is 37.9 Å². The van der Waals surface area contributed by atoms with Crippen LogP contribution in [0.25, 0.3) is 11.0 Å². The maximum atomic E-state index is 12.8. The monoisotopic (exact) mass is 335 g/mol. The molecule has 0 bridgehead atoms. The van der Waals surface area contributed by atoms with Gasteiger partial charge in [-0.2, -0.15) is 0 Å². The van der Waals surface area contributed by atoms with E-state index in [4.69, 9.17) is 0 Å². The van der Waals surface area contributed by atoms with E-state index < -0.39 is 0 Å². The number of amides is 1. The number of hydrogen-bond acceptors (Lipinski definition) is 4. The predicted molar refractivity (Wildman–Crippen MR) is 97.9 cm³/mol. The lowest BCUT2D eigenvalue weighted by Crippen LogP contribution is -2.49. The Morgan fingerprint density at radius 1 is 1.04 bits per heavy atom. The number of fused-ring (bicyclic) bond motifs is 1. The first-order valence-corrected chi connectivity index (χ1v) is 8.53. The fourth-order valence-corrected chi connectivity index (χ4v) is 3.29. The fourth-order valence-electron chi connectivity index (χ4n) is 3.29. The Kier molecular flexibility index (Phi) is 3.87. The summed E-state index contributed by atoms with van der Waals surface area (Å²) in [5.41, 5.74) is 3.98. The van der Waals surface area contributed by atoms with Crippen LogP contribution < -0.4 is 4.90 Å². The Hall–Kier alpha value is -2.89. The first kappa shape index (κ1) is 15.6. The number of H-pyrrole nitrogens is 1. The van der Waals surface area contributed by atoms with Gasteiger partial charge in [-0.05, 0) is 43.2 Å². The van der Waals surface area contributed by atoms with Gasteiger partial charge in [0.25, 0.3) is 5.91 Å². The highest BCUT2D eigenvalue weighted by Gasteiger charge is 2.24. The number of nitrogens with zero attached hydrogens (tertiary/aromatic N) is 4. The summed E-state index contributed by atoms with van der Waals surface area (Å²) in [5, 5.41) is 1.02. The number of aromatic nitrogens is 3. The minimum absolute atomic E-state index is 0.109. The Balaban J connectivity index is 1.48. The van der Waals surface area contributed by atoms with Gasteiger partial charge in [-0.15, -0.1) is 0 Å². The number of hydrogen-bond donors (Lipinski definition) is 1. The average Bonchev–Trinajstić information content (AvgIpc) is 3.12. The summed E-state index contributed by atoms with van der Waals surface area (Å²) in [7, 11) is 0. The molecule has 0 unspecified atom stereocenters. The quantitative estimate of drug-likeness (QED) is 0.782. The first-order valence-electron chi connectivity index (χ1n) is 8.53. The first-order chi connectivity index (χ1) is 12.1. The highest BCUT2D eigenvalue weighted by Crippen LogP contribution is 2.23. The molecule has 1 aliphatic rings. The van der Waals surface area contributed by atoms with Gasteiger partial charge in [-0.3, -0.25) is 4.79 Å². The molecule has 0 aliphatic carbocycles. The van der Waals surface area contributed by atoms with E-state index in [9.17, 15) is 4.79 Å². The lowest BCUT2D eigenvalue weighted by atomic mass is 10.1. The highest BCUT2D eigenvalue weighted by molar-refractivity contribution is 5.95. The summed E-state index contributed by atoms with van der Waals surface area (Å²) in [4.78, 5) is 28.7. The van der Waals surface area contributed by atoms with Crippen molar-refractivity contribution < 1.29 is 4.79 Å². The topological polar surface area (TPSA) is 65.1 Å². The van der Waals surface area contributed by atoms with Gasteiger partial charge in [-0.1, -0.05) is 6.07 Å². The maximum Gasteiger partial charge on any atom is 0.253 e. The van der Waals surface area contributed by atoms with Gasteiger partial charge in [0.1, 0.15) is 17.8 Å². The second-order valence-corrected chi connectivity index (χ2v) is 6.52. The summed E-state index contributed by atoms with van der Waals surface area (Å²) in [5.74, 6) is 1.04. The van der Waals surface area contributed by atoms with Gasteiger partial charge in [0.2, 0.25) is 0 Å². The van der Waals surface area contributed by atoms with Crippen molar-refractivity contribution in [2.45, 2.75) is 13.8 Å². The molecule has 128 valence electrons. The summed E-state index contributed by atoms with van der Waals surface area (Å²) in [6, 6.07) is 7.92. The van der Waals surface area contributed by atoms with Crippen molar-refractivity contribution in [1.82, 2.24) is 19.9 Å². The molecule has 1 N–H and O–H groups in total. The molecule has 2 aromatic heterocycles. The number of aromatic amines is 1. The fraction of sp³-hybridized carbons (Fsp3) is 0.316. The summed E-state index contributed by atoms with van der Waals surface area (Å²) >= 11 is 0. The maximum absolute atomic E-state index is 12.8. The molecule has 0 saturated carbocycles. The van der Waals surface area contributed by atoms with E-state index >= 15 is 0 Å². The van der Waals surface area contributed by atoms with E-state index in [-0.39, 0.29) is 5.91 Å². The molecule has 4 rings (SSSR count). The zero-order valence-electron chi connectivity index (χ0n) is 14.5. The standard InChI is InChI=1S/C19H21N5O/c1-13-3-4-15(11-14(13)2)19(25)24-9-7-23(8-10-24)18-16-5-6-20-17(16)21-12-22-18/h3-6,11-12H,7-10H2,1-2H3,(H,20,21,22). The van der Waals surface area contributed by atoms with Crippen molar-refractivity contribution in [3.8, 4) is 0 Å². The molecule has 6 nitrogen and oxygen atoms in total. The van der Waals surface area contributed by atoms with Gasteiger partial charge in [0.15, 0.2) is 0 Å². The summed E-state index contributed by atoms with van der Waals surface area (Å²) in [6.45, 7) is 7.04. The molecule has 0 radical (unpaired) electrons. The van der Waals surface area contributed by atoms with Gasteiger partial charge in [-0.25, -0.2) is 9.97 Å². The van der Waals surface area contributed by atoms with E-state index in [0.29, 0.717) is 13.1 Å². The zero-order chi connectivity index (χ0) is 17.4. The molecule has 0 atom stereocenters. The molecule has 1 amide bonds. The summed E-state index contributed by atoms with van der Waals surface area (Å²) in [6.07, 6.45) is 3.46. The predicted octanol–water partition coefficient (Wildman–Crippen LogP) is 2.54. The minimum atomic E-state index is 0.109. The molecule has 1 saturated heterocycles. The molecule has 3 aromatic rings. The number of carbonyl (C=O) groups is 1. The third kappa shape index (κ3) is 2.84. The van der Waals surface area contributed by atoms with Crippen LogP contribution >= 0.6 is 0 Å². The van der Waals surface area contributed by atoms with Crippen LogP contribution in [0.15, 0.2) is 36.8 Å². The van der Waals surface area contributed by atoms with Crippen molar-refractivity contribution in [1.29, 1.82) is 0 Å². The normalized spacial score (nSPS) is 15.0. The van der Waals surface area contributed by atoms with E-state index in [1.807, 2.05) is 42.3 Å². The number of piperazine rings is 1. The van der Waals surface area contributed by atoms with E-state index in [1.54, 1.807) is 6.33 Å². The third-order valence-electron chi connectivity index (χ3n) is 4.95. The molecule has 6 heteroatoms. The lowest BCUT2D eigenvalue weighted by Gasteiger charge is -2.35. The zero-order valence-corrected chi connectivity index (χ0v) is 14.5. The van der Waals surface area contributed by atoms with Crippen LogP contribution in [0, 0.1) is 13.8 Å². The van der Waals surface area contributed by atoms with Crippen molar-refractivity contribution in [3.63, 3.8) is 0 Å². The molecule has 1 fully saturated rings. The van der Waals surface area contributed by atoms with E-state index in [2.05, 4.69) is 26.8 Å². The van der Waals surface area contributed by atoms with Gasteiger partial charge >= 0.3 is 0 Å². The van der Waals surface area contributed by atoms with Crippen molar-refractivity contribution in [3.05, 3.63) is 53.5 Å². The third-order valence-corrected chi connectivity index (χ3v) is 4.95. The molecule has 3 heterocycles. The van der Waals surface area contributed by atoms with Gasteiger partial charge < -0.3 is 14.8 Å². The molecule has 0 spiro atoms. The van der Waals surface area contributed by atoms with Crippen LogP contribution in [0.5, 0.6) is 0 Å². The van der Waals surface area contributed by atoms with Crippen LogP contribution in [0.3, 0.4) is 0 Å². The van der Waals surface area contributed by atoms with E-state index in [0.717, 1.165) is 41.1 Å². The van der Waals surface area contributed by atoms with Crippen molar-refractivity contribution >= 4 is 22.8 Å². The number of anilines is 1. The number of aryl methyl sites for hydroxylation is 2. The van der Waals surface area contributed by atoms with E-state index in [1.165, 1.54) is 5.56 Å². The molecule has 1 aliphatic heterocycles. The average molecular weight is 335 g/mol. The van der Waals surface area contributed by atoms with Crippen LogP contribution in [-0.4, -0.2) is 51.9 Å². The van der Waals surface area contributed by atoms with Crippen molar-refractivity contribution in [2.75, 3.05) is 31.1 Å². The van der Waals surface area contributed by atoms with Crippen LogP contribution in [0.1, 0.15) is 21.5 Å². The molecular formula is C19H21N5O. The Morgan fingerprint density at radius 3 is 2.60 bits per heavy atom. The number of nitrogens with one attached hydrogen (secondary N) is 1. The van der Waals surface area contributed by atoms with Crippen molar-refractivity contribution in [2.24, 2.45) is 0 Å². The lowest BCUT2D eigenvalue weighted by molar-refractivity contribution is 0.0746. The molecule has 1 aromatic carbocycles. The Morgan fingerprint density at radius 2 is 1.84 bits per heavy atom. The van der Waals surface area contributed by atoms with Gasteiger partial charge in [0.05, 0.1) is 5.39 Å². The molecular weight excluding hydrogens is 314 g/mol. The minimum Gasteiger partial charge on any atom is -0.352 e. The number of carbonyl (C=O) groups excluding carboxylic acids is 1. The Bertz CT molecular complexity index is 924. The second-order valence-electron chi connectivity index (χ2n) is 6.52. The summed E-state index contributed by atoms with van der Waals surface area (Å²) < 4.78 is 0. The Labute approximate surface area is 146 Å². The number of benzene rings is 1. The van der Waals surface area contributed by atoms with Crippen LogP contribution in [0.2, 0.25) is 0 Å². The SMILES string of the molecule is Cc1ccc(C(=O)N2CCN(c3ncnc4[nH]ccc34)CC2)cc1C.